The molecule has 0 spiro atoms. The normalized spacial score (nSPS) is 19.6. The molecule has 0 aromatic carbocycles. The number of nitrogens with one attached hydrogen (secondary N) is 2. The molecule has 1 aliphatic rings. The van der Waals surface area contributed by atoms with Crippen molar-refractivity contribution in [1.29, 1.82) is 0 Å². The van der Waals surface area contributed by atoms with Crippen LogP contribution in [0.3, 0.4) is 0 Å². The Bertz CT molecular complexity index is 431. The van der Waals surface area contributed by atoms with Gasteiger partial charge in [-0.25, -0.2) is 9.97 Å². The van der Waals surface area contributed by atoms with Gasteiger partial charge in [0.05, 0.1) is 5.56 Å². The highest BCUT2D eigenvalue weighted by molar-refractivity contribution is 5.93. The Hall–Kier alpha value is -1.69. The third-order valence-corrected chi connectivity index (χ3v) is 2.97. The minimum Gasteiger partial charge on any atom is -0.352 e. The van der Waals surface area contributed by atoms with Crippen molar-refractivity contribution in [1.82, 2.24) is 20.2 Å². The Morgan fingerprint density at radius 1 is 1.47 bits per heavy atom. The van der Waals surface area contributed by atoms with Crippen molar-refractivity contribution in [2.45, 2.75) is 32.9 Å². The third-order valence-electron chi connectivity index (χ3n) is 2.97. The number of amides is 1. The molecule has 6 nitrogen and oxygen atoms in total. The number of anilines is 1. The van der Waals surface area contributed by atoms with E-state index in [-0.39, 0.29) is 11.9 Å². The maximum Gasteiger partial charge on any atom is 0.257 e. The predicted octanol–water partition coefficient (Wildman–Crippen LogP) is 0.731. The van der Waals surface area contributed by atoms with Gasteiger partial charge in [-0.1, -0.05) is 0 Å². The van der Waals surface area contributed by atoms with Crippen molar-refractivity contribution in [3.63, 3.8) is 0 Å². The molecule has 0 radical (unpaired) electrons. The first-order valence-corrected chi connectivity index (χ1v) is 6.67. The van der Waals surface area contributed by atoms with Crippen molar-refractivity contribution in [2.75, 3.05) is 25.0 Å². The zero-order chi connectivity index (χ0) is 13.8. The van der Waals surface area contributed by atoms with Gasteiger partial charge in [-0.3, -0.25) is 4.79 Å². The molecule has 0 bridgehead atoms. The summed E-state index contributed by atoms with van der Waals surface area (Å²) in [4.78, 5) is 22.5. The maximum absolute atomic E-state index is 12.3. The highest BCUT2D eigenvalue weighted by atomic mass is 16.2. The molecule has 19 heavy (non-hydrogen) atoms. The summed E-state index contributed by atoms with van der Waals surface area (Å²) >= 11 is 0. The van der Waals surface area contributed by atoms with Gasteiger partial charge in [0.2, 0.25) is 5.95 Å². The van der Waals surface area contributed by atoms with Gasteiger partial charge in [-0.05, 0) is 20.8 Å². The van der Waals surface area contributed by atoms with Crippen LogP contribution >= 0.6 is 0 Å². The van der Waals surface area contributed by atoms with E-state index in [1.54, 1.807) is 12.4 Å². The van der Waals surface area contributed by atoms with Gasteiger partial charge >= 0.3 is 0 Å². The van der Waals surface area contributed by atoms with Crippen molar-refractivity contribution < 1.29 is 4.79 Å². The maximum atomic E-state index is 12.3. The first-order chi connectivity index (χ1) is 9.06. The van der Waals surface area contributed by atoms with Gasteiger partial charge in [0, 0.05) is 44.1 Å². The number of carbonyl (C=O) groups is 1. The van der Waals surface area contributed by atoms with E-state index in [1.165, 1.54) is 0 Å². The van der Waals surface area contributed by atoms with Crippen LogP contribution in [0.25, 0.3) is 0 Å². The molecule has 0 unspecified atom stereocenters. The molecule has 1 fully saturated rings. The number of piperazine rings is 1. The molecule has 1 aromatic rings. The van der Waals surface area contributed by atoms with E-state index in [1.807, 2.05) is 18.7 Å². The van der Waals surface area contributed by atoms with Gasteiger partial charge in [0.15, 0.2) is 0 Å². The predicted molar refractivity (Wildman–Crippen MR) is 74.2 cm³/mol. The Morgan fingerprint density at radius 2 is 2.16 bits per heavy atom. The number of hydrogen-bond acceptors (Lipinski definition) is 5. The van der Waals surface area contributed by atoms with Gasteiger partial charge in [-0.15, -0.1) is 0 Å². The summed E-state index contributed by atoms with van der Waals surface area (Å²) in [7, 11) is 0. The van der Waals surface area contributed by atoms with E-state index in [2.05, 4.69) is 27.5 Å². The molecule has 2 rings (SSSR count). The van der Waals surface area contributed by atoms with Crippen LogP contribution in [-0.4, -0.2) is 52.5 Å². The minimum absolute atomic E-state index is 0.00412. The summed E-state index contributed by atoms with van der Waals surface area (Å²) in [5, 5.41) is 6.41. The fourth-order valence-electron chi connectivity index (χ4n) is 2.07. The van der Waals surface area contributed by atoms with Gasteiger partial charge in [0.25, 0.3) is 5.91 Å². The molecule has 2 heterocycles. The molecule has 0 saturated carbocycles. The largest absolute Gasteiger partial charge is 0.352 e. The van der Waals surface area contributed by atoms with Gasteiger partial charge in [0.1, 0.15) is 0 Å². The van der Waals surface area contributed by atoms with E-state index in [9.17, 15) is 4.79 Å². The lowest BCUT2D eigenvalue weighted by Crippen LogP contribution is -2.51. The average Bonchev–Trinajstić information content (AvgIpc) is 2.38. The first-order valence-electron chi connectivity index (χ1n) is 6.67. The third kappa shape index (κ3) is 3.64. The Kier molecular flexibility index (Phi) is 4.31. The fraction of sp³-hybridized carbons (Fsp3) is 0.615. The second-order valence-electron chi connectivity index (χ2n) is 5.20. The van der Waals surface area contributed by atoms with Crippen molar-refractivity contribution in [3.05, 3.63) is 18.0 Å². The van der Waals surface area contributed by atoms with Crippen LogP contribution in [0, 0.1) is 0 Å². The SMILES string of the molecule is CC(C)Nc1ncc(C(=O)N2CCN[C@@H](C)C2)cn1. The number of aromatic nitrogens is 2. The van der Waals surface area contributed by atoms with Crippen LogP contribution in [-0.2, 0) is 0 Å². The number of carbonyl (C=O) groups excluding carboxylic acids is 1. The van der Waals surface area contributed by atoms with E-state index >= 15 is 0 Å². The summed E-state index contributed by atoms with van der Waals surface area (Å²) in [6.07, 6.45) is 3.18. The molecular weight excluding hydrogens is 242 g/mol. The molecular formula is C13H21N5O. The molecule has 1 amide bonds. The molecule has 104 valence electrons. The summed E-state index contributed by atoms with van der Waals surface area (Å²) in [6.45, 7) is 8.40. The second-order valence-corrected chi connectivity index (χ2v) is 5.20. The van der Waals surface area contributed by atoms with Crippen molar-refractivity contribution in [3.8, 4) is 0 Å². The molecule has 1 saturated heterocycles. The average molecular weight is 263 g/mol. The zero-order valence-corrected chi connectivity index (χ0v) is 11.7. The number of rotatable bonds is 3. The molecule has 1 aliphatic heterocycles. The Labute approximate surface area is 113 Å². The molecule has 0 aliphatic carbocycles. The van der Waals surface area contributed by atoms with Crippen LogP contribution in [0.4, 0.5) is 5.95 Å². The van der Waals surface area contributed by atoms with Crippen LogP contribution in [0.5, 0.6) is 0 Å². The summed E-state index contributed by atoms with van der Waals surface area (Å²) in [5.41, 5.74) is 0.545. The molecule has 6 heteroatoms. The molecule has 2 N–H and O–H groups in total. The minimum atomic E-state index is 0.00412. The molecule has 1 aromatic heterocycles. The van der Waals surface area contributed by atoms with E-state index in [4.69, 9.17) is 0 Å². The Morgan fingerprint density at radius 3 is 2.74 bits per heavy atom. The lowest BCUT2D eigenvalue weighted by Gasteiger charge is -2.31. The topological polar surface area (TPSA) is 70.2 Å². The van der Waals surface area contributed by atoms with E-state index in [0.29, 0.717) is 17.6 Å². The summed E-state index contributed by atoms with van der Waals surface area (Å²) < 4.78 is 0. The summed E-state index contributed by atoms with van der Waals surface area (Å²) in [5.74, 6) is 0.560. The smallest absolute Gasteiger partial charge is 0.257 e. The van der Waals surface area contributed by atoms with Crippen LogP contribution in [0.1, 0.15) is 31.1 Å². The fourth-order valence-corrected chi connectivity index (χ4v) is 2.07. The van der Waals surface area contributed by atoms with Gasteiger partial charge < -0.3 is 15.5 Å². The number of nitrogens with zero attached hydrogens (tertiary/aromatic N) is 3. The lowest BCUT2D eigenvalue weighted by atomic mass is 10.2. The van der Waals surface area contributed by atoms with Crippen molar-refractivity contribution in [2.24, 2.45) is 0 Å². The number of hydrogen-bond donors (Lipinski definition) is 2. The highest BCUT2D eigenvalue weighted by Gasteiger charge is 2.22. The highest BCUT2D eigenvalue weighted by Crippen LogP contribution is 2.08. The standard InChI is InChI=1S/C13H21N5O/c1-9(2)17-13-15-6-11(7-16-13)12(19)18-5-4-14-10(3)8-18/h6-7,9-10,14H,4-5,8H2,1-3H3,(H,15,16,17)/t10-/m0/s1. The lowest BCUT2D eigenvalue weighted by molar-refractivity contribution is 0.0708. The van der Waals surface area contributed by atoms with E-state index in [0.717, 1.165) is 19.6 Å². The summed E-state index contributed by atoms with van der Waals surface area (Å²) in [6, 6.07) is 0.607. The van der Waals surface area contributed by atoms with Crippen LogP contribution < -0.4 is 10.6 Å². The second kappa shape index (κ2) is 5.97. The first kappa shape index (κ1) is 13.7. The Balaban J connectivity index is 2.02. The molecule has 1 atom stereocenters. The van der Waals surface area contributed by atoms with Crippen molar-refractivity contribution >= 4 is 11.9 Å². The monoisotopic (exact) mass is 263 g/mol. The quantitative estimate of drug-likeness (QED) is 0.841. The van der Waals surface area contributed by atoms with E-state index < -0.39 is 0 Å². The van der Waals surface area contributed by atoms with Crippen LogP contribution in [0.2, 0.25) is 0 Å². The van der Waals surface area contributed by atoms with Gasteiger partial charge in [-0.2, -0.15) is 0 Å². The van der Waals surface area contributed by atoms with Crippen LogP contribution in [0.15, 0.2) is 12.4 Å². The zero-order valence-electron chi connectivity index (χ0n) is 11.7.